The summed E-state index contributed by atoms with van der Waals surface area (Å²) in [7, 11) is 0. The first kappa shape index (κ1) is 25.1. The third kappa shape index (κ3) is 3.99. The number of hydrogen-bond acceptors (Lipinski definition) is 3. The van der Waals surface area contributed by atoms with E-state index in [1.165, 1.54) is 58.8 Å². The van der Waals surface area contributed by atoms with Crippen LogP contribution in [0.1, 0.15) is 11.9 Å². The van der Waals surface area contributed by atoms with Crippen LogP contribution in [0.15, 0.2) is 157 Å². The van der Waals surface area contributed by atoms with Gasteiger partial charge in [0.25, 0.3) is 0 Å². The fraction of sp³-hybridized carbons (Fsp3) is 0.0250. The molecular weight excluding hydrogens is 555 g/mol. The summed E-state index contributed by atoms with van der Waals surface area (Å²) in [6.45, 7) is 0. The molecule has 6 aromatic carbocycles. The normalized spacial score (nSPS) is 14.8. The van der Waals surface area contributed by atoms with Crippen LogP contribution in [0.4, 0.5) is 0 Å². The van der Waals surface area contributed by atoms with E-state index in [2.05, 4.69) is 162 Å². The van der Waals surface area contributed by atoms with Crippen molar-refractivity contribution in [3.63, 3.8) is 0 Å². The predicted molar refractivity (Wildman–Crippen MR) is 187 cm³/mol. The van der Waals surface area contributed by atoms with Crippen molar-refractivity contribution in [3.05, 3.63) is 157 Å². The van der Waals surface area contributed by atoms with E-state index in [0.717, 1.165) is 16.7 Å². The quantitative estimate of drug-likeness (QED) is 0.220. The number of benzene rings is 6. The molecule has 3 nitrogen and oxygen atoms in total. The van der Waals surface area contributed by atoms with Gasteiger partial charge >= 0.3 is 0 Å². The molecule has 0 amide bonds. The first-order valence-corrected chi connectivity index (χ1v) is 15.7. The maximum atomic E-state index is 5.41. The SMILES string of the molecule is C1=CC(c2cccc3c2sc2ccccc23)=NC(n2c3cc(-c4ccccc4)ccc3c3ccc(-c4ccccc4)cc32)N1. The number of nitrogens with one attached hydrogen (secondary N) is 1. The Hall–Kier alpha value is -5.45. The van der Waals surface area contributed by atoms with E-state index >= 15 is 0 Å². The zero-order valence-electron chi connectivity index (χ0n) is 23.8. The molecule has 3 heterocycles. The average Bonchev–Trinajstić information content (AvgIpc) is 3.64. The molecule has 4 heteroatoms. The van der Waals surface area contributed by atoms with E-state index in [9.17, 15) is 0 Å². The highest BCUT2D eigenvalue weighted by Gasteiger charge is 2.22. The van der Waals surface area contributed by atoms with Crippen molar-refractivity contribution in [2.45, 2.75) is 6.29 Å². The van der Waals surface area contributed by atoms with Crippen LogP contribution in [0.25, 0.3) is 64.2 Å². The third-order valence-corrected chi connectivity index (χ3v) is 9.91. The lowest BCUT2D eigenvalue weighted by Crippen LogP contribution is -2.25. The molecule has 0 radical (unpaired) electrons. The lowest BCUT2D eigenvalue weighted by atomic mass is 10.0. The fourth-order valence-electron chi connectivity index (χ4n) is 6.60. The Morgan fingerprint density at radius 1 is 0.545 bits per heavy atom. The second-order valence-corrected chi connectivity index (χ2v) is 12.3. The molecule has 0 aliphatic carbocycles. The summed E-state index contributed by atoms with van der Waals surface area (Å²) in [6, 6.07) is 50.1. The Morgan fingerprint density at radius 3 is 1.84 bits per heavy atom. The molecule has 44 heavy (non-hydrogen) atoms. The molecule has 9 rings (SSSR count). The summed E-state index contributed by atoms with van der Waals surface area (Å²) in [5.74, 6) is 0. The molecular formula is C40H27N3S. The Morgan fingerprint density at radius 2 is 1.16 bits per heavy atom. The van der Waals surface area contributed by atoms with E-state index in [4.69, 9.17) is 4.99 Å². The van der Waals surface area contributed by atoms with Gasteiger partial charge in [0.2, 0.25) is 6.29 Å². The van der Waals surface area contributed by atoms with Crippen molar-refractivity contribution < 1.29 is 0 Å². The second kappa shape index (κ2) is 10.1. The molecule has 2 aromatic heterocycles. The number of fused-ring (bicyclic) bond motifs is 6. The lowest BCUT2D eigenvalue weighted by Gasteiger charge is -2.23. The van der Waals surface area contributed by atoms with E-state index in [1.807, 2.05) is 11.3 Å². The first-order valence-electron chi connectivity index (χ1n) is 14.9. The van der Waals surface area contributed by atoms with Gasteiger partial charge in [-0.15, -0.1) is 11.3 Å². The monoisotopic (exact) mass is 581 g/mol. The number of aromatic nitrogens is 1. The minimum atomic E-state index is -0.309. The van der Waals surface area contributed by atoms with Gasteiger partial charge in [-0.3, -0.25) is 0 Å². The Kier molecular flexibility index (Phi) is 5.75. The van der Waals surface area contributed by atoms with Gasteiger partial charge in [0, 0.05) is 42.7 Å². The second-order valence-electron chi connectivity index (χ2n) is 11.2. The Balaban J connectivity index is 1.27. The van der Waals surface area contributed by atoms with Gasteiger partial charge in [-0.05, 0) is 46.5 Å². The van der Waals surface area contributed by atoms with Crippen molar-refractivity contribution in [2.75, 3.05) is 0 Å². The molecule has 0 fully saturated rings. The minimum Gasteiger partial charge on any atom is -0.353 e. The molecule has 1 N–H and O–H groups in total. The van der Waals surface area contributed by atoms with Crippen molar-refractivity contribution in [2.24, 2.45) is 4.99 Å². The molecule has 1 atom stereocenters. The minimum absolute atomic E-state index is 0.309. The van der Waals surface area contributed by atoms with Gasteiger partial charge in [0.15, 0.2) is 0 Å². The van der Waals surface area contributed by atoms with E-state index in [-0.39, 0.29) is 6.29 Å². The summed E-state index contributed by atoms with van der Waals surface area (Å²) in [5.41, 5.74) is 9.25. The number of hydrogen-bond donors (Lipinski definition) is 1. The van der Waals surface area contributed by atoms with Crippen molar-refractivity contribution in [1.29, 1.82) is 0 Å². The number of thiophene rings is 1. The summed E-state index contributed by atoms with van der Waals surface area (Å²) in [6.07, 6.45) is 3.85. The van der Waals surface area contributed by atoms with Crippen molar-refractivity contribution in [3.8, 4) is 22.3 Å². The maximum Gasteiger partial charge on any atom is 0.201 e. The zero-order valence-corrected chi connectivity index (χ0v) is 24.6. The van der Waals surface area contributed by atoms with Gasteiger partial charge in [-0.1, -0.05) is 121 Å². The first-order chi connectivity index (χ1) is 21.8. The Labute approximate surface area is 259 Å². The average molecular weight is 582 g/mol. The molecule has 0 bridgehead atoms. The third-order valence-electron chi connectivity index (χ3n) is 8.69. The van der Waals surface area contributed by atoms with Gasteiger partial charge in [-0.2, -0.15) is 0 Å². The molecule has 0 saturated carbocycles. The number of allylic oxidation sites excluding steroid dienone is 1. The highest BCUT2D eigenvalue weighted by atomic mass is 32.1. The molecule has 208 valence electrons. The molecule has 1 aliphatic heterocycles. The fourth-order valence-corrected chi connectivity index (χ4v) is 7.82. The van der Waals surface area contributed by atoms with E-state index in [0.29, 0.717) is 0 Å². The lowest BCUT2D eigenvalue weighted by molar-refractivity contribution is 0.499. The van der Waals surface area contributed by atoms with Crippen LogP contribution in [-0.2, 0) is 0 Å². The Bertz CT molecular complexity index is 2320. The molecule has 0 spiro atoms. The van der Waals surface area contributed by atoms with Crippen LogP contribution in [0, 0.1) is 0 Å². The summed E-state index contributed by atoms with van der Waals surface area (Å²) in [5, 5.41) is 8.62. The summed E-state index contributed by atoms with van der Waals surface area (Å²) in [4.78, 5) is 5.41. The van der Waals surface area contributed by atoms with Crippen LogP contribution in [0.5, 0.6) is 0 Å². The highest BCUT2D eigenvalue weighted by Crippen LogP contribution is 2.39. The molecule has 8 aromatic rings. The summed E-state index contributed by atoms with van der Waals surface area (Å²) >= 11 is 1.84. The number of rotatable bonds is 4. The largest absolute Gasteiger partial charge is 0.353 e. The zero-order chi connectivity index (χ0) is 29.0. The smallest absolute Gasteiger partial charge is 0.201 e. The van der Waals surface area contributed by atoms with Crippen LogP contribution in [0.3, 0.4) is 0 Å². The van der Waals surface area contributed by atoms with E-state index in [1.54, 1.807) is 0 Å². The number of aliphatic imine (C=N–C) groups is 1. The highest BCUT2D eigenvalue weighted by molar-refractivity contribution is 7.26. The summed E-state index contributed by atoms with van der Waals surface area (Å²) < 4.78 is 4.95. The molecule has 0 saturated heterocycles. The van der Waals surface area contributed by atoms with Crippen LogP contribution in [-0.4, -0.2) is 10.3 Å². The predicted octanol–water partition coefficient (Wildman–Crippen LogP) is 10.6. The maximum absolute atomic E-state index is 5.41. The molecule has 1 unspecified atom stereocenters. The van der Waals surface area contributed by atoms with Crippen LogP contribution >= 0.6 is 11.3 Å². The number of nitrogens with zero attached hydrogens (tertiary/aromatic N) is 2. The van der Waals surface area contributed by atoms with Crippen LogP contribution in [0.2, 0.25) is 0 Å². The van der Waals surface area contributed by atoms with E-state index < -0.39 is 0 Å². The van der Waals surface area contributed by atoms with Crippen molar-refractivity contribution >= 4 is 59.0 Å². The van der Waals surface area contributed by atoms with Crippen molar-refractivity contribution in [1.82, 2.24) is 9.88 Å². The van der Waals surface area contributed by atoms with Crippen LogP contribution < -0.4 is 5.32 Å². The molecule has 1 aliphatic rings. The van der Waals surface area contributed by atoms with Gasteiger partial charge in [0.1, 0.15) is 0 Å². The van der Waals surface area contributed by atoms with Gasteiger partial charge in [-0.25, -0.2) is 4.99 Å². The standard InChI is InChI=1S/C40H27N3S/c1-3-10-26(11-4-1)28-18-20-30-31-21-19-29(27-12-5-2-6-13-27)25-37(31)43(36(30)24-28)40-41-23-22-35(42-40)34-16-9-15-33-32-14-7-8-17-38(32)44-39(33)34/h1-25,40-41H. The van der Waals surface area contributed by atoms with Gasteiger partial charge < -0.3 is 9.88 Å². The van der Waals surface area contributed by atoms with Gasteiger partial charge in [0.05, 0.1) is 16.7 Å². The topological polar surface area (TPSA) is 29.3 Å².